The predicted octanol–water partition coefficient (Wildman–Crippen LogP) is 4.23. The van der Waals surface area contributed by atoms with Gasteiger partial charge in [0.2, 0.25) is 0 Å². The molecule has 0 saturated carbocycles. The van der Waals surface area contributed by atoms with Crippen LogP contribution in [0.2, 0.25) is 0 Å². The minimum atomic E-state index is -3.55. The van der Waals surface area contributed by atoms with E-state index in [0.29, 0.717) is 36.2 Å². The van der Waals surface area contributed by atoms with Crippen molar-refractivity contribution in [1.82, 2.24) is 14.6 Å². The van der Waals surface area contributed by atoms with E-state index in [2.05, 4.69) is 26.9 Å². The number of aromatic nitrogens is 1. The fourth-order valence-corrected chi connectivity index (χ4v) is 6.77. The van der Waals surface area contributed by atoms with Gasteiger partial charge in [0.15, 0.2) is 5.76 Å². The number of amides is 3. The maximum atomic E-state index is 14.3. The number of furan rings is 1. The Morgan fingerprint density at radius 1 is 1.02 bits per heavy atom. The van der Waals surface area contributed by atoms with Crippen molar-refractivity contribution in [1.29, 1.82) is 0 Å². The summed E-state index contributed by atoms with van der Waals surface area (Å²) in [6.45, 7) is 4.26. The average Bonchev–Trinajstić information content (AvgIpc) is 3.54. The molecule has 3 heterocycles. The number of ether oxygens (including phenoxy) is 1. The smallest absolute Gasteiger partial charge is 0.310 e. The number of hydrogen-bond donors (Lipinski definition) is 2. The molecule has 1 saturated heterocycles. The van der Waals surface area contributed by atoms with Gasteiger partial charge >= 0.3 is 5.97 Å². The summed E-state index contributed by atoms with van der Waals surface area (Å²) in [4.78, 5) is 57.5. The number of hydrogen-bond acceptors (Lipinski definition) is 8. The zero-order chi connectivity index (χ0) is 34.1. The summed E-state index contributed by atoms with van der Waals surface area (Å²) in [5.74, 6) is 3.68. The van der Waals surface area contributed by atoms with Crippen LogP contribution in [0.25, 0.3) is 0 Å². The number of carbonyl (C=O) groups excluding carboxylic acids is 4. The first-order chi connectivity index (χ1) is 23.1. The Bertz CT molecular complexity index is 2020. The second kappa shape index (κ2) is 15.3. The van der Waals surface area contributed by atoms with E-state index in [-0.39, 0.29) is 41.2 Å². The third kappa shape index (κ3) is 8.37. The monoisotopic (exact) mass is 666 g/mol. The first-order valence-electron chi connectivity index (χ1n) is 15.3. The lowest BCUT2D eigenvalue weighted by Crippen LogP contribution is -2.45. The van der Waals surface area contributed by atoms with Crippen molar-refractivity contribution in [2.24, 2.45) is 5.92 Å². The highest BCUT2D eigenvalue weighted by Gasteiger charge is 2.30. The van der Waals surface area contributed by atoms with Crippen LogP contribution in [0, 0.1) is 24.7 Å². The van der Waals surface area contributed by atoms with Crippen LogP contribution >= 0.6 is 0 Å². The van der Waals surface area contributed by atoms with E-state index in [9.17, 15) is 23.4 Å². The van der Waals surface area contributed by atoms with E-state index in [1.807, 2.05) is 0 Å². The lowest BCUT2D eigenvalue weighted by Gasteiger charge is -2.31. The maximum absolute atomic E-state index is 14.3. The highest BCUT2D eigenvalue weighted by Crippen LogP contribution is 2.19. The Hall–Kier alpha value is -5.67. The first-order valence-corrected chi connectivity index (χ1v) is 16.9. The molecule has 1 fully saturated rings. The number of nitrogens with zero attached hydrogens (tertiary/aromatic N) is 2. The van der Waals surface area contributed by atoms with Crippen LogP contribution in [-0.2, 0) is 24.0 Å². The third-order valence-corrected chi connectivity index (χ3v) is 9.49. The lowest BCUT2D eigenvalue weighted by atomic mass is 9.98. The zero-order valence-corrected chi connectivity index (χ0v) is 27.3. The Balaban J connectivity index is 1.34. The normalized spacial score (nSPS) is 15.2. The highest BCUT2D eigenvalue weighted by molar-refractivity contribution is 8.01. The summed E-state index contributed by atoms with van der Waals surface area (Å²) in [5, 5.41) is 3.80. The predicted molar refractivity (Wildman–Crippen MR) is 180 cm³/mol. The van der Waals surface area contributed by atoms with E-state index < -0.39 is 27.4 Å². The van der Waals surface area contributed by atoms with Gasteiger partial charge in [0.25, 0.3) is 17.7 Å². The molecule has 2 aromatic heterocycles. The molecule has 48 heavy (non-hydrogen) atoms. The van der Waals surface area contributed by atoms with E-state index in [0.717, 1.165) is 10.9 Å². The number of esters is 1. The second-order valence-corrected chi connectivity index (χ2v) is 13.1. The highest BCUT2D eigenvalue weighted by atomic mass is 32.2. The van der Waals surface area contributed by atoms with E-state index in [1.165, 1.54) is 29.6 Å². The first kappa shape index (κ1) is 33.7. The summed E-state index contributed by atoms with van der Waals surface area (Å²) in [6.07, 6.45) is 5.42. The van der Waals surface area contributed by atoms with Gasteiger partial charge in [-0.1, -0.05) is 36.1 Å². The molecule has 2 unspecified atom stereocenters. The van der Waals surface area contributed by atoms with Gasteiger partial charge in [0.1, 0.15) is 0 Å². The number of anilines is 1. The zero-order valence-electron chi connectivity index (χ0n) is 26.4. The van der Waals surface area contributed by atoms with Gasteiger partial charge in [-0.3, -0.25) is 28.9 Å². The van der Waals surface area contributed by atoms with Crippen molar-refractivity contribution >= 4 is 44.5 Å². The topological polar surface area (TPSA) is 148 Å². The molecule has 11 nitrogen and oxygen atoms in total. The van der Waals surface area contributed by atoms with Crippen molar-refractivity contribution in [2.75, 3.05) is 25.0 Å². The van der Waals surface area contributed by atoms with Crippen LogP contribution in [0.1, 0.15) is 57.4 Å². The molecule has 3 amide bonds. The molecule has 246 valence electrons. The van der Waals surface area contributed by atoms with Crippen molar-refractivity contribution in [3.63, 3.8) is 0 Å². The Labute approximate surface area is 278 Å². The van der Waals surface area contributed by atoms with Crippen molar-refractivity contribution in [2.45, 2.75) is 31.6 Å². The molecule has 0 spiro atoms. The lowest BCUT2D eigenvalue weighted by molar-refractivity contribution is -0.150. The van der Waals surface area contributed by atoms with Crippen molar-refractivity contribution < 1.29 is 32.5 Å². The molecule has 2 aromatic carbocycles. The van der Waals surface area contributed by atoms with Crippen LogP contribution in [0.4, 0.5) is 5.69 Å². The molecular formula is C36H34N4O7S. The van der Waals surface area contributed by atoms with E-state index >= 15 is 0 Å². The number of piperidine rings is 1. The Kier molecular flexibility index (Phi) is 10.7. The molecule has 12 heteroatoms. The number of nitrogens with one attached hydrogen (secondary N) is 2. The quantitative estimate of drug-likeness (QED) is 0.161. The number of likely N-dealkylation sites (tertiary alicyclic amines) is 1. The molecule has 0 radical (unpaired) electrons. The summed E-state index contributed by atoms with van der Waals surface area (Å²) in [6, 6.07) is 18.3. The van der Waals surface area contributed by atoms with Gasteiger partial charge in [-0.05, 0) is 69.2 Å². The Morgan fingerprint density at radius 2 is 1.81 bits per heavy atom. The van der Waals surface area contributed by atoms with Crippen LogP contribution < -0.4 is 10.0 Å². The number of benzene rings is 2. The number of pyridine rings is 1. The minimum Gasteiger partial charge on any atom is -0.466 e. The van der Waals surface area contributed by atoms with Gasteiger partial charge in [-0.25, -0.2) is 4.21 Å². The fourth-order valence-electron chi connectivity index (χ4n) is 5.07. The van der Waals surface area contributed by atoms with Crippen LogP contribution in [0.5, 0.6) is 0 Å². The summed E-state index contributed by atoms with van der Waals surface area (Å²) in [7, 11) is -3.55. The molecular weight excluding hydrogens is 632 g/mol. The van der Waals surface area contributed by atoms with Crippen molar-refractivity contribution in [3.8, 4) is 11.8 Å². The second-order valence-electron chi connectivity index (χ2n) is 11.0. The molecule has 0 bridgehead atoms. The number of carbonyl (C=O) groups is 4. The molecule has 4 aromatic rings. The number of aryl methyl sites for hydroxylation is 1. The summed E-state index contributed by atoms with van der Waals surface area (Å²) in [5.41, 5.74) is 2.34. The fraction of sp³-hybridized carbons (Fsp3) is 0.222. The van der Waals surface area contributed by atoms with E-state index in [4.69, 9.17) is 9.15 Å². The average molecular weight is 667 g/mol. The summed E-state index contributed by atoms with van der Waals surface area (Å²) < 4.78 is 27.3. The van der Waals surface area contributed by atoms with Gasteiger partial charge in [0.05, 0.1) is 44.3 Å². The van der Waals surface area contributed by atoms with Crippen LogP contribution in [0.3, 0.4) is 0 Å². The molecule has 1 aliphatic rings. The van der Waals surface area contributed by atoms with Gasteiger partial charge in [0, 0.05) is 47.9 Å². The summed E-state index contributed by atoms with van der Waals surface area (Å²) >= 11 is 0. The molecule has 1 aliphatic heterocycles. The van der Waals surface area contributed by atoms with Crippen LogP contribution in [-0.4, -0.2) is 62.8 Å². The minimum absolute atomic E-state index is 0.0847. The molecule has 0 aliphatic carbocycles. The molecule has 5 rings (SSSR count). The Morgan fingerprint density at radius 3 is 2.56 bits per heavy atom. The van der Waals surface area contributed by atoms with Gasteiger partial charge in [-0.15, -0.1) is 0 Å². The number of rotatable bonds is 8. The van der Waals surface area contributed by atoms with E-state index in [1.54, 1.807) is 74.5 Å². The SMILES string of the molecule is CCOC(=O)C1CCCN(C(=O)C=S(=O)(NC(=O)c2cncc(C#Cc3cccc(NC(=O)c4occc4C)c3)c2)c2ccccc2)C1. The molecule has 2 N–H and O–H groups in total. The third-order valence-electron chi connectivity index (χ3n) is 7.50. The van der Waals surface area contributed by atoms with Crippen LogP contribution in [0.15, 0.2) is 94.7 Å². The van der Waals surface area contributed by atoms with Crippen molar-refractivity contribution in [3.05, 3.63) is 113 Å². The standard InChI is InChI=1S/C36H34N4O7S/c1-3-46-36(44)28-10-8-17-40(23-28)32(41)24-48(45,31-12-5-4-6-13-31)39-34(42)29-19-27(21-37-22-29)15-14-26-9-7-11-30(20-26)38-35(43)33-25(2)16-18-47-33/h4-7,9,11-13,16,18-22,24,28H,3,8,10,17,23H2,1-2H3,(H,38,43)(H,39,42,45). The van der Waals surface area contributed by atoms with Gasteiger partial charge in [-0.2, -0.15) is 0 Å². The molecule has 2 atom stereocenters. The maximum Gasteiger partial charge on any atom is 0.310 e. The van der Waals surface area contributed by atoms with Gasteiger partial charge < -0.3 is 19.4 Å². The largest absolute Gasteiger partial charge is 0.466 e.